The highest BCUT2D eigenvalue weighted by atomic mass is 19.1. The van der Waals surface area contributed by atoms with Gasteiger partial charge in [-0.2, -0.15) is 0 Å². The Morgan fingerprint density at radius 1 is 0.923 bits per heavy atom. The number of carbonyl (C=O) groups is 2. The van der Waals surface area contributed by atoms with Crippen molar-refractivity contribution < 1.29 is 28.2 Å². The maximum Gasteiger partial charge on any atom is 0.251 e. The fraction of sp³-hybridized carbons (Fsp3) is 0.161. The molecule has 0 spiro atoms. The van der Waals surface area contributed by atoms with Gasteiger partial charge in [-0.25, -0.2) is 4.39 Å². The Morgan fingerprint density at radius 3 is 2.38 bits per heavy atom. The molecule has 0 aliphatic carbocycles. The minimum Gasteiger partial charge on any atom is -0.497 e. The van der Waals surface area contributed by atoms with Crippen molar-refractivity contribution in [2.24, 2.45) is 0 Å². The normalized spacial score (nSPS) is 12.5. The Bertz CT molecular complexity index is 1460. The molecular weight excluding hydrogens is 499 g/mol. The Kier molecular flexibility index (Phi) is 7.73. The molecule has 0 radical (unpaired) electrons. The first-order valence-corrected chi connectivity index (χ1v) is 12.4. The first kappa shape index (κ1) is 25.8. The van der Waals surface area contributed by atoms with Crippen LogP contribution in [-0.2, 0) is 22.6 Å². The number of rotatable bonds is 9. The van der Waals surface area contributed by atoms with Crippen LogP contribution < -0.4 is 19.5 Å². The number of amides is 2. The number of methoxy groups -OCH3 is 1. The third-order valence-electron chi connectivity index (χ3n) is 6.45. The van der Waals surface area contributed by atoms with Gasteiger partial charge in [-0.15, -0.1) is 0 Å². The quantitative estimate of drug-likeness (QED) is 0.311. The standard InChI is InChI=1S/C31H27FN2O5/c1-37-25-14-11-22(12-15-25)30(31(36)33-24-13-16-27-28(18-24)39-20-38-27)34(19-23-9-5-6-10-26(23)32)29(35)17-21-7-3-2-4-8-21/h2-16,18,30H,17,19-20H2,1H3,(H,33,36). The molecule has 1 atom stereocenters. The summed E-state index contributed by atoms with van der Waals surface area (Å²) >= 11 is 0. The Labute approximate surface area is 225 Å². The van der Waals surface area contributed by atoms with E-state index in [9.17, 15) is 14.0 Å². The van der Waals surface area contributed by atoms with Gasteiger partial charge in [-0.1, -0.05) is 60.7 Å². The maximum atomic E-state index is 14.8. The summed E-state index contributed by atoms with van der Waals surface area (Å²) in [7, 11) is 1.55. The van der Waals surface area contributed by atoms with Crippen molar-refractivity contribution in [2.45, 2.75) is 19.0 Å². The van der Waals surface area contributed by atoms with Crippen LogP contribution in [0, 0.1) is 5.82 Å². The monoisotopic (exact) mass is 526 g/mol. The summed E-state index contributed by atoms with van der Waals surface area (Å²) in [6.07, 6.45) is 0.0409. The van der Waals surface area contributed by atoms with Crippen LogP contribution in [0.15, 0.2) is 97.1 Å². The lowest BCUT2D eigenvalue weighted by Crippen LogP contribution is -2.41. The summed E-state index contributed by atoms with van der Waals surface area (Å²) in [5, 5.41) is 2.91. The average Bonchev–Trinajstić information content (AvgIpc) is 3.42. The molecule has 0 saturated carbocycles. The van der Waals surface area contributed by atoms with E-state index in [2.05, 4.69) is 5.32 Å². The summed E-state index contributed by atoms with van der Waals surface area (Å²) in [4.78, 5) is 29.2. The van der Waals surface area contributed by atoms with Crippen LogP contribution in [0.4, 0.5) is 10.1 Å². The number of halogens is 1. The smallest absolute Gasteiger partial charge is 0.251 e. The van der Waals surface area contributed by atoms with Gasteiger partial charge < -0.3 is 24.4 Å². The molecule has 7 nitrogen and oxygen atoms in total. The second-order valence-electron chi connectivity index (χ2n) is 9.01. The zero-order valence-electron chi connectivity index (χ0n) is 21.3. The molecule has 1 aliphatic rings. The minimum atomic E-state index is -1.07. The minimum absolute atomic E-state index is 0.0409. The van der Waals surface area contributed by atoms with E-state index >= 15 is 0 Å². The van der Waals surface area contributed by atoms with E-state index in [1.807, 2.05) is 30.3 Å². The highest BCUT2D eigenvalue weighted by molar-refractivity contribution is 5.98. The summed E-state index contributed by atoms with van der Waals surface area (Å²) in [6.45, 7) is -0.00476. The molecule has 1 heterocycles. The van der Waals surface area contributed by atoms with Gasteiger partial charge in [0.15, 0.2) is 11.5 Å². The van der Waals surface area contributed by atoms with Crippen LogP contribution in [0.1, 0.15) is 22.7 Å². The van der Waals surface area contributed by atoms with Crippen molar-refractivity contribution in [3.63, 3.8) is 0 Å². The number of nitrogens with zero attached hydrogens (tertiary/aromatic N) is 1. The van der Waals surface area contributed by atoms with Crippen LogP contribution in [0.3, 0.4) is 0 Å². The van der Waals surface area contributed by atoms with Gasteiger partial charge in [0.1, 0.15) is 17.6 Å². The van der Waals surface area contributed by atoms with Crippen molar-refractivity contribution in [3.05, 3.63) is 120 Å². The van der Waals surface area contributed by atoms with Gasteiger partial charge in [-0.3, -0.25) is 9.59 Å². The fourth-order valence-electron chi connectivity index (χ4n) is 4.45. The van der Waals surface area contributed by atoms with E-state index in [1.54, 1.807) is 67.8 Å². The van der Waals surface area contributed by atoms with Crippen molar-refractivity contribution in [1.29, 1.82) is 0 Å². The van der Waals surface area contributed by atoms with Gasteiger partial charge in [0.25, 0.3) is 5.91 Å². The molecule has 2 amide bonds. The Balaban J connectivity index is 1.53. The lowest BCUT2D eigenvalue weighted by atomic mass is 10.0. The number of fused-ring (bicyclic) bond motifs is 1. The largest absolute Gasteiger partial charge is 0.497 e. The van der Waals surface area contributed by atoms with Crippen LogP contribution in [0.2, 0.25) is 0 Å². The number of benzene rings is 4. The third kappa shape index (κ3) is 6.01. The molecule has 5 rings (SSSR count). The van der Waals surface area contributed by atoms with Crippen molar-refractivity contribution >= 4 is 17.5 Å². The fourth-order valence-corrected chi connectivity index (χ4v) is 4.45. The van der Waals surface area contributed by atoms with Gasteiger partial charge in [0, 0.05) is 23.9 Å². The number of ether oxygens (including phenoxy) is 3. The van der Waals surface area contributed by atoms with Gasteiger partial charge in [-0.05, 0) is 41.5 Å². The zero-order valence-corrected chi connectivity index (χ0v) is 21.3. The number of hydrogen-bond donors (Lipinski definition) is 1. The molecular formula is C31H27FN2O5. The van der Waals surface area contributed by atoms with Crippen LogP contribution in [-0.4, -0.2) is 30.6 Å². The first-order valence-electron chi connectivity index (χ1n) is 12.4. The van der Waals surface area contributed by atoms with Crippen LogP contribution >= 0.6 is 0 Å². The second kappa shape index (κ2) is 11.7. The number of carbonyl (C=O) groups excluding carboxylic acids is 2. The Morgan fingerprint density at radius 2 is 1.64 bits per heavy atom. The summed E-state index contributed by atoms with van der Waals surface area (Å²) in [6, 6.07) is 26.4. The maximum absolute atomic E-state index is 14.8. The molecule has 1 N–H and O–H groups in total. The van der Waals surface area contributed by atoms with Gasteiger partial charge in [0.05, 0.1) is 13.5 Å². The SMILES string of the molecule is COc1ccc(C(C(=O)Nc2ccc3c(c2)OCO3)N(Cc2ccccc2F)C(=O)Cc2ccccc2)cc1. The van der Waals surface area contributed by atoms with Crippen molar-refractivity contribution in [3.8, 4) is 17.2 Å². The van der Waals surface area contributed by atoms with E-state index < -0.39 is 17.8 Å². The molecule has 8 heteroatoms. The Hall–Kier alpha value is -4.85. The van der Waals surface area contributed by atoms with Crippen LogP contribution in [0.5, 0.6) is 17.2 Å². The molecule has 198 valence electrons. The van der Waals surface area contributed by atoms with E-state index in [-0.39, 0.29) is 25.7 Å². The highest BCUT2D eigenvalue weighted by Gasteiger charge is 2.32. The molecule has 1 aliphatic heterocycles. The summed E-state index contributed by atoms with van der Waals surface area (Å²) in [5.41, 5.74) is 2.11. The lowest BCUT2D eigenvalue weighted by molar-refractivity contribution is -0.139. The van der Waals surface area contributed by atoms with Gasteiger partial charge in [0.2, 0.25) is 12.7 Å². The molecule has 0 aromatic heterocycles. The molecule has 0 fully saturated rings. The van der Waals surface area contributed by atoms with Crippen molar-refractivity contribution in [1.82, 2.24) is 4.90 Å². The number of hydrogen-bond acceptors (Lipinski definition) is 5. The number of nitrogens with one attached hydrogen (secondary N) is 1. The second-order valence-corrected chi connectivity index (χ2v) is 9.01. The van der Waals surface area contributed by atoms with E-state index in [1.165, 1.54) is 11.0 Å². The predicted octanol–water partition coefficient (Wildman–Crippen LogP) is 5.51. The topological polar surface area (TPSA) is 77.1 Å². The summed E-state index contributed by atoms with van der Waals surface area (Å²) in [5.74, 6) is 0.448. The van der Waals surface area contributed by atoms with E-state index in [4.69, 9.17) is 14.2 Å². The molecule has 4 aromatic rings. The average molecular weight is 527 g/mol. The molecule has 0 saturated heterocycles. The van der Waals surface area contributed by atoms with Gasteiger partial charge >= 0.3 is 0 Å². The third-order valence-corrected chi connectivity index (χ3v) is 6.45. The summed E-state index contributed by atoms with van der Waals surface area (Å²) < 4.78 is 30.9. The molecule has 0 bridgehead atoms. The molecule has 4 aromatic carbocycles. The lowest BCUT2D eigenvalue weighted by Gasteiger charge is -2.32. The van der Waals surface area contributed by atoms with E-state index in [0.717, 1.165) is 5.56 Å². The van der Waals surface area contributed by atoms with E-state index in [0.29, 0.717) is 34.1 Å². The van der Waals surface area contributed by atoms with Crippen molar-refractivity contribution in [2.75, 3.05) is 19.2 Å². The zero-order chi connectivity index (χ0) is 27.2. The predicted molar refractivity (Wildman–Crippen MR) is 144 cm³/mol. The van der Waals surface area contributed by atoms with Crippen LogP contribution in [0.25, 0.3) is 0 Å². The number of anilines is 1. The first-order chi connectivity index (χ1) is 19.0. The highest BCUT2D eigenvalue weighted by Crippen LogP contribution is 2.35. The molecule has 1 unspecified atom stereocenters. The molecule has 39 heavy (non-hydrogen) atoms.